The molecule has 0 spiro atoms. The topological polar surface area (TPSA) is 40.5 Å². The third kappa shape index (κ3) is 3.22. The number of amides is 1. The minimum absolute atomic E-state index is 0.0519. The zero-order valence-corrected chi connectivity index (χ0v) is 10.8. The maximum Gasteiger partial charge on any atom is 0.391 e. The molecular formula is C13H20F3NO2. The summed E-state index contributed by atoms with van der Waals surface area (Å²) in [4.78, 5) is 13.9. The first kappa shape index (κ1) is 14.6. The SMILES string of the molecule is O=C(C1CCC(C(F)(F)F)CC1)N1CCC[C@@H]1CO. The monoisotopic (exact) mass is 279 g/mol. The van der Waals surface area contributed by atoms with Gasteiger partial charge in [-0.05, 0) is 38.5 Å². The fourth-order valence-electron chi connectivity index (χ4n) is 3.22. The number of alkyl halides is 3. The summed E-state index contributed by atoms with van der Waals surface area (Å²) in [7, 11) is 0. The molecule has 0 aromatic heterocycles. The van der Waals surface area contributed by atoms with Crippen molar-refractivity contribution in [1.29, 1.82) is 0 Å². The van der Waals surface area contributed by atoms with E-state index in [9.17, 15) is 23.1 Å². The van der Waals surface area contributed by atoms with Gasteiger partial charge in [0.1, 0.15) is 0 Å². The van der Waals surface area contributed by atoms with Gasteiger partial charge in [0.2, 0.25) is 5.91 Å². The number of halogens is 3. The fraction of sp³-hybridized carbons (Fsp3) is 0.923. The van der Waals surface area contributed by atoms with E-state index in [-0.39, 0.29) is 37.3 Å². The van der Waals surface area contributed by atoms with Crippen molar-refractivity contribution >= 4 is 5.91 Å². The summed E-state index contributed by atoms with van der Waals surface area (Å²) in [6.45, 7) is 0.576. The Labute approximate surface area is 110 Å². The van der Waals surface area contributed by atoms with Crippen molar-refractivity contribution < 1.29 is 23.1 Å². The highest BCUT2D eigenvalue weighted by molar-refractivity contribution is 5.79. The molecule has 0 aromatic rings. The standard InChI is InChI=1S/C13H20F3NO2/c14-13(15,16)10-5-3-9(4-6-10)12(19)17-7-1-2-11(17)8-18/h9-11,18H,1-8H2/t9?,10?,11-/m1/s1. The summed E-state index contributed by atoms with van der Waals surface area (Å²) in [5, 5.41) is 9.19. The van der Waals surface area contributed by atoms with Crippen LogP contribution in [0.1, 0.15) is 38.5 Å². The van der Waals surface area contributed by atoms with Crippen LogP contribution in [0, 0.1) is 11.8 Å². The smallest absolute Gasteiger partial charge is 0.391 e. The second-order valence-corrected chi connectivity index (χ2v) is 5.60. The number of carbonyl (C=O) groups is 1. The number of likely N-dealkylation sites (tertiary alicyclic amines) is 1. The first-order chi connectivity index (χ1) is 8.93. The predicted molar refractivity (Wildman–Crippen MR) is 63.3 cm³/mol. The Hall–Kier alpha value is -0.780. The zero-order valence-electron chi connectivity index (χ0n) is 10.8. The number of rotatable bonds is 2. The van der Waals surface area contributed by atoms with Crippen molar-refractivity contribution in [3.05, 3.63) is 0 Å². The van der Waals surface area contributed by atoms with Crippen molar-refractivity contribution in [1.82, 2.24) is 4.90 Å². The first-order valence-electron chi connectivity index (χ1n) is 6.91. The molecule has 6 heteroatoms. The number of carbonyl (C=O) groups excluding carboxylic acids is 1. The molecule has 2 aliphatic rings. The Morgan fingerprint density at radius 3 is 2.32 bits per heavy atom. The number of aliphatic hydroxyl groups is 1. The number of nitrogens with zero attached hydrogens (tertiary/aromatic N) is 1. The van der Waals surface area contributed by atoms with Crippen LogP contribution in [-0.2, 0) is 4.79 Å². The third-order valence-corrected chi connectivity index (χ3v) is 4.41. The molecule has 0 bridgehead atoms. The lowest BCUT2D eigenvalue weighted by molar-refractivity contribution is -0.185. The zero-order chi connectivity index (χ0) is 14.0. The quantitative estimate of drug-likeness (QED) is 0.843. The van der Waals surface area contributed by atoms with Crippen LogP contribution in [0.5, 0.6) is 0 Å². The van der Waals surface area contributed by atoms with Gasteiger partial charge in [-0.25, -0.2) is 0 Å². The highest BCUT2D eigenvalue weighted by Gasteiger charge is 2.43. The van der Waals surface area contributed by atoms with Crippen LogP contribution in [0.4, 0.5) is 13.2 Å². The molecule has 0 unspecified atom stereocenters. The van der Waals surface area contributed by atoms with Gasteiger partial charge >= 0.3 is 6.18 Å². The molecule has 110 valence electrons. The van der Waals surface area contributed by atoms with Crippen LogP contribution in [-0.4, -0.2) is 41.3 Å². The highest BCUT2D eigenvalue weighted by Crippen LogP contribution is 2.40. The molecule has 1 aliphatic carbocycles. The van der Waals surface area contributed by atoms with Gasteiger partial charge in [0.25, 0.3) is 0 Å². The van der Waals surface area contributed by atoms with E-state index >= 15 is 0 Å². The maximum absolute atomic E-state index is 12.6. The molecule has 2 rings (SSSR count). The third-order valence-electron chi connectivity index (χ3n) is 4.41. The molecule has 1 atom stereocenters. The molecule has 19 heavy (non-hydrogen) atoms. The molecule has 2 fully saturated rings. The van der Waals surface area contributed by atoms with Crippen molar-refractivity contribution in [3.63, 3.8) is 0 Å². The van der Waals surface area contributed by atoms with Crippen molar-refractivity contribution in [3.8, 4) is 0 Å². The van der Waals surface area contributed by atoms with Crippen molar-refractivity contribution in [2.45, 2.75) is 50.7 Å². The molecular weight excluding hydrogens is 259 g/mol. The summed E-state index contributed by atoms with van der Waals surface area (Å²) in [6.07, 6.45) is -1.73. The second-order valence-electron chi connectivity index (χ2n) is 5.60. The molecule has 0 aromatic carbocycles. The van der Waals surface area contributed by atoms with Crippen LogP contribution in [0.25, 0.3) is 0 Å². The van der Waals surface area contributed by atoms with E-state index in [0.29, 0.717) is 19.4 Å². The van der Waals surface area contributed by atoms with E-state index < -0.39 is 12.1 Å². The van der Waals surface area contributed by atoms with Crippen molar-refractivity contribution in [2.75, 3.05) is 13.2 Å². The average molecular weight is 279 g/mol. The lowest BCUT2D eigenvalue weighted by atomic mass is 9.81. The second kappa shape index (κ2) is 5.69. The van der Waals surface area contributed by atoms with Crippen LogP contribution in [0.2, 0.25) is 0 Å². The van der Waals surface area contributed by atoms with E-state index in [0.717, 1.165) is 12.8 Å². The summed E-state index contributed by atoms with van der Waals surface area (Å²) in [5.74, 6) is -1.59. The molecule has 1 amide bonds. The van der Waals surface area contributed by atoms with Gasteiger partial charge in [0.15, 0.2) is 0 Å². The van der Waals surface area contributed by atoms with Gasteiger partial charge in [-0.3, -0.25) is 4.79 Å². The fourth-order valence-corrected chi connectivity index (χ4v) is 3.22. The molecule has 1 saturated carbocycles. The van der Waals surface area contributed by atoms with E-state index in [1.165, 1.54) is 0 Å². The minimum atomic E-state index is -4.13. The largest absolute Gasteiger partial charge is 0.394 e. The predicted octanol–water partition coefficient (Wildman–Crippen LogP) is 2.34. The van der Waals surface area contributed by atoms with E-state index in [1.807, 2.05) is 0 Å². The molecule has 1 saturated heterocycles. The first-order valence-corrected chi connectivity index (χ1v) is 6.91. The number of hydrogen-bond acceptors (Lipinski definition) is 2. The normalized spacial score (nSPS) is 32.6. The van der Waals surface area contributed by atoms with E-state index in [2.05, 4.69) is 0 Å². The summed E-state index contributed by atoms with van der Waals surface area (Å²) in [6, 6.07) is -0.132. The Morgan fingerprint density at radius 1 is 1.16 bits per heavy atom. The van der Waals surface area contributed by atoms with Crippen LogP contribution < -0.4 is 0 Å². The summed E-state index contributed by atoms with van der Waals surface area (Å²) < 4.78 is 37.7. The molecule has 1 N–H and O–H groups in total. The highest BCUT2D eigenvalue weighted by atomic mass is 19.4. The van der Waals surface area contributed by atoms with Gasteiger partial charge < -0.3 is 10.0 Å². The van der Waals surface area contributed by atoms with E-state index in [1.54, 1.807) is 4.90 Å². The van der Waals surface area contributed by atoms with Gasteiger partial charge in [-0.15, -0.1) is 0 Å². The van der Waals surface area contributed by atoms with Gasteiger partial charge in [-0.1, -0.05) is 0 Å². The van der Waals surface area contributed by atoms with Gasteiger partial charge in [0.05, 0.1) is 18.6 Å². The van der Waals surface area contributed by atoms with Crippen LogP contribution in [0.3, 0.4) is 0 Å². The molecule has 0 radical (unpaired) electrons. The van der Waals surface area contributed by atoms with Crippen LogP contribution >= 0.6 is 0 Å². The molecule has 1 heterocycles. The number of hydrogen-bond donors (Lipinski definition) is 1. The molecule has 1 aliphatic heterocycles. The lowest BCUT2D eigenvalue weighted by Crippen LogP contribution is -2.43. The Bertz CT molecular complexity index is 324. The van der Waals surface area contributed by atoms with Gasteiger partial charge in [-0.2, -0.15) is 13.2 Å². The Morgan fingerprint density at radius 2 is 1.79 bits per heavy atom. The van der Waals surface area contributed by atoms with Gasteiger partial charge in [0, 0.05) is 12.5 Å². The maximum atomic E-state index is 12.6. The Kier molecular flexibility index (Phi) is 4.38. The number of aliphatic hydroxyl groups excluding tert-OH is 1. The summed E-state index contributed by atoms with van der Waals surface area (Å²) in [5.41, 5.74) is 0. The minimum Gasteiger partial charge on any atom is -0.394 e. The molecule has 3 nitrogen and oxygen atoms in total. The summed E-state index contributed by atoms with van der Waals surface area (Å²) >= 11 is 0. The van der Waals surface area contributed by atoms with Crippen molar-refractivity contribution in [2.24, 2.45) is 11.8 Å². The Balaban J connectivity index is 1.89. The average Bonchev–Trinajstić information content (AvgIpc) is 2.85. The lowest BCUT2D eigenvalue weighted by Gasteiger charge is -2.33. The van der Waals surface area contributed by atoms with Crippen LogP contribution in [0.15, 0.2) is 0 Å². The van der Waals surface area contributed by atoms with E-state index in [4.69, 9.17) is 0 Å².